The molecule has 3 N–H and O–H groups in total. The van der Waals surface area contributed by atoms with Crippen LogP contribution in [-0.4, -0.2) is 16.9 Å². The number of nitrogens with zero attached hydrogens (tertiary/aromatic N) is 1. The minimum atomic E-state index is -0.422. The first-order chi connectivity index (χ1) is 7.15. The first kappa shape index (κ1) is 11.7. The lowest BCUT2D eigenvalue weighted by Gasteiger charge is -2.16. The SMILES string of the molecule is CC[C@@H](N)C(=O)N[C@@H](C)c1ccncc1. The number of carbonyl (C=O) groups excluding carboxylic acids is 1. The second-order valence-electron chi connectivity index (χ2n) is 3.53. The molecule has 0 bridgehead atoms. The Bertz CT molecular complexity index is 313. The summed E-state index contributed by atoms with van der Waals surface area (Å²) in [6.45, 7) is 3.82. The van der Waals surface area contributed by atoms with Gasteiger partial charge in [0.2, 0.25) is 5.91 Å². The summed E-state index contributed by atoms with van der Waals surface area (Å²) in [5, 5.41) is 2.86. The van der Waals surface area contributed by atoms with E-state index in [1.807, 2.05) is 26.0 Å². The van der Waals surface area contributed by atoms with Gasteiger partial charge in [-0.25, -0.2) is 0 Å². The number of hydrogen-bond donors (Lipinski definition) is 2. The van der Waals surface area contributed by atoms with Gasteiger partial charge >= 0.3 is 0 Å². The largest absolute Gasteiger partial charge is 0.348 e. The van der Waals surface area contributed by atoms with Crippen LogP contribution in [-0.2, 0) is 4.79 Å². The maximum Gasteiger partial charge on any atom is 0.237 e. The van der Waals surface area contributed by atoms with E-state index in [0.29, 0.717) is 6.42 Å². The van der Waals surface area contributed by atoms with Crippen molar-refractivity contribution in [2.45, 2.75) is 32.4 Å². The van der Waals surface area contributed by atoms with Crippen LogP contribution < -0.4 is 11.1 Å². The molecule has 4 heteroatoms. The first-order valence-corrected chi connectivity index (χ1v) is 5.11. The molecular formula is C11H17N3O. The van der Waals surface area contributed by atoms with E-state index in [-0.39, 0.29) is 11.9 Å². The molecule has 4 nitrogen and oxygen atoms in total. The van der Waals surface area contributed by atoms with Crippen molar-refractivity contribution in [2.24, 2.45) is 5.73 Å². The number of nitrogens with one attached hydrogen (secondary N) is 1. The number of aromatic nitrogens is 1. The van der Waals surface area contributed by atoms with Gasteiger partial charge in [-0.2, -0.15) is 0 Å². The van der Waals surface area contributed by atoms with Crippen molar-refractivity contribution in [1.29, 1.82) is 0 Å². The van der Waals surface area contributed by atoms with Crippen molar-refractivity contribution < 1.29 is 4.79 Å². The Morgan fingerprint density at radius 2 is 2.13 bits per heavy atom. The standard InChI is InChI=1S/C11H17N3O/c1-3-10(12)11(15)14-8(2)9-4-6-13-7-5-9/h4-8,10H,3,12H2,1-2H3,(H,14,15)/t8-,10+/m0/s1. The quantitative estimate of drug-likeness (QED) is 0.773. The van der Waals surface area contributed by atoms with Crippen molar-refractivity contribution in [2.75, 3.05) is 0 Å². The second kappa shape index (κ2) is 5.46. The Balaban J connectivity index is 2.56. The summed E-state index contributed by atoms with van der Waals surface area (Å²) in [5.41, 5.74) is 6.65. The molecule has 0 saturated carbocycles. The van der Waals surface area contributed by atoms with Crippen molar-refractivity contribution in [3.63, 3.8) is 0 Å². The maximum atomic E-state index is 11.5. The lowest BCUT2D eigenvalue weighted by molar-refractivity contribution is -0.123. The van der Waals surface area contributed by atoms with Crippen molar-refractivity contribution in [3.05, 3.63) is 30.1 Å². The van der Waals surface area contributed by atoms with Crippen molar-refractivity contribution in [3.8, 4) is 0 Å². The van der Waals surface area contributed by atoms with Crippen LogP contribution in [0.3, 0.4) is 0 Å². The van der Waals surface area contributed by atoms with Gasteiger partial charge in [-0.3, -0.25) is 9.78 Å². The van der Waals surface area contributed by atoms with Crippen LogP contribution in [0.15, 0.2) is 24.5 Å². The summed E-state index contributed by atoms with van der Waals surface area (Å²) in [4.78, 5) is 15.4. The molecule has 2 atom stereocenters. The molecular weight excluding hydrogens is 190 g/mol. The van der Waals surface area contributed by atoms with E-state index in [1.165, 1.54) is 0 Å². The van der Waals surface area contributed by atoms with E-state index in [1.54, 1.807) is 12.4 Å². The molecule has 0 unspecified atom stereocenters. The third-order valence-corrected chi connectivity index (χ3v) is 2.34. The number of pyridine rings is 1. The highest BCUT2D eigenvalue weighted by molar-refractivity contribution is 5.81. The van der Waals surface area contributed by atoms with Gasteiger partial charge in [0, 0.05) is 12.4 Å². The maximum absolute atomic E-state index is 11.5. The van der Waals surface area contributed by atoms with Crippen LogP contribution in [0.5, 0.6) is 0 Å². The zero-order valence-electron chi connectivity index (χ0n) is 9.10. The van der Waals surface area contributed by atoms with Crippen LogP contribution in [0.1, 0.15) is 31.9 Å². The highest BCUT2D eigenvalue weighted by Crippen LogP contribution is 2.10. The van der Waals surface area contributed by atoms with Crippen LogP contribution in [0, 0.1) is 0 Å². The Hall–Kier alpha value is -1.42. The molecule has 1 aromatic heterocycles. The monoisotopic (exact) mass is 207 g/mol. The van der Waals surface area contributed by atoms with Gasteiger partial charge in [-0.15, -0.1) is 0 Å². The molecule has 0 aliphatic carbocycles. The molecule has 0 aliphatic rings. The lowest BCUT2D eigenvalue weighted by atomic mass is 10.1. The Morgan fingerprint density at radius 1 is 1.53 bits per heavy atom. The van der Waals surface area contributed by atoms with Crippen LogP contribution >= 0.6 is 0 Å². The minimum absolute atomic E-state index is 0.0295. The number of carbonyl (C=O) groups is 1. The van der Waals surface area contributed by atoms with Gasteiger partial charge < -0.3 is 11.1 Å². The molecule has 0 aliphatic heterocycles. The highest BCUT2D eigenvalue weighted by atomic mass is 16.2. The highest BCUT2D eigenvalue weighted by Gasteiger charge is 2.14. The molecule has 15 heavy (non-hydrogen) atoms. The summed E-state index contributed by atoms with van der Waals surface area (Å²) >= 11 is 0. The van der Waals surface area contributed by atoms with Crippen molar-refractivity contribution in [1.82, 2.24) is 10.3 Å². The zero-order chi connectivity index (χ0) is 11.3. The molecule has 82 valence electrons. The molecule has 1 rings (SSSR count). The van der Waals surface area contributed by atoms with E-state index in [4.69, 9.17) is 5.73 Å². The number of amides is 1. The van der Waals surface area contributed by atoms with E-state index in [0.717, 1.165) is 5.56 Å². The normalized spacial score (nSPS) is 14.3. The van der Waals surface area contributed by atoms with Crippen LogP contribution in [0.4, 0.5) is 0 Å². The van der Waals surface area contributed by atoms with E-state index >= 15 is 0 Å². The molecule has 0 saturated heterocycles. The van der Waals surface area contributed by atoms with E-state index < -0.39 is 6.04 Å². The summed E-state index contributed by atoms with van der Waals surface area (Å²) in [7, 11) is 0. The summed E-state index contributed by atoms with van der Waals surface area (Å²) in [6.07, 6.45) is 4.06. The predicted octanol–water partition coefficient (Wildman–Crippen LogP) is 0.996. The lowest BCUT2D eigenvalue weighted by Crippen LogP contribution is -2.41. The Labute approximate surface area is 89.9 Å². The average molecular weight is 207 g/mol. The first-order valence-electron chi connectivity index (χ1n) is 5.11. The molecule has 1 aromatic rings. The molecule has 1 heterocycles. The van der Waals surface area contributed by atoms with Crippen molar-refractivity contribution >= 4 is 5.91 Å². The van der Waals surface area contributed by atoms with Gasteiger partial charge in [0.15, 0.2) is 0 Å². The average Bonchev–Trinajstić information content (AvgIpc) is 2.29. The molecule has 0 aromatic carbocycles. The zero-order valence-corrected chi connectivity index (χ0v) is 9.10. The number of rotatable bonds is 4. The Morgan fingerprint density at radius 3 is 2.67 bits per heavy atom. The fourth-order valence-electron chi connectivity index (χ4n) is 1.24. The topological polar surface area (TPSA) is 68.0 Å². The molecule has 0 radical (unpaired) electrons. The number of hydrogen-bond acceptors (Lipinski definition) is 3. The molecule has 0 spiro atoms. The number of nitrogens with two attached hydrogens (primary N) is 1. The van der Waals surface area contributed by atoms with Gasteiger partial charge in [0.05, 0.1) is 12.1 Å². The summed E-state index contributed by atoms with van der Waals surface area (Å²) < 4.78 is 0. The summed E-state index contributed by atoms with van der Waals surface area (Å²) in [5.74, 6) is -0.109. The van der Waals surface area contributed by atoms with Crippen LogP contribution in [0.25, 0.3) is 0 Å². The minimum Gasteiger partial charge on any atom is -0.348 e. The Kier molecular flexibility index (Phi) is 4.24. The predicted molar refractivity (Wildman–Crippen MR) is 59.1 cm³/mol. The van der Waals surface area contributed by atoms with Gasteiger partial charge in [-0.05, 0) is 31.0 Å². The van der Waals surface area contributed by atoms with E-state index in [2.05, 4.69) is 10.3 Å². The third kappa shape index (κ3) is 3.32. The van der Waals surface area contributed by atoms with Gasteiger partial charge in [0.25, 0.3) is 0 Å². The molecule has 0 fully saturated rings. The smallest absolute Gasteiger partial charge is 0.237 e. The van der Waals surface area contributed by atoms with E-state index in [9.17, 15) is 4.79 Å². The summed E-state index contributed by atoms with van der Waals surface area (Å²) in [6, 6.07) is 3.30. The fourth-order valence-corrected chi connectivity index (χ4v) is 1.24. The van der Waals surface area contributed by atoms with Gasteiger partial charge in [-0.1, -0.05) is 6.92 Å². The molecule has 1 amide bonds. The van der Waals surface area contributed by atoms with Gasteiger partial charge in [0.1, 0.15) is 0 Å². The second-order valence-corrected chi connectivity index (χ2v) is 3.53. The third-order valence-electron chi connectivity index (χ3n) is 2.34. The van der Waals surface area contributed by atoms with Crippen LogP contribution in [0.2, 0.25) is 0 Å². The fraction of sp³-hybridized carbons (Fsp3) is 0.455.